The van der Waals surface area contributed by atoms with E-state index in [4.69, 9.17) is 17.3 Å². The molecule has 0 fully saturated rings. The van der Waals surface area contributed by atoms with Crippen LogP contribution in [0.4, 0.5) is 0 Å². The lowest BCUT2D eigenvalue weighted by molar-refractivity contribution is 0.480. The van der Waals surface area contributed by atoms with Gasteiger partial charge in [0.15, 0.2) is 0 Å². The number of hydrogen-bond donors (Lipinski definition) is 1. The Balaban J connectivity index is 1.75. The second kappa shape index (κ2) is 5.28. The van der Waals surface area contributed by atoms with Crippen molar-refractivity contribution in [2.45, 2.75) is 24.8 Å². The molecule has 1 nitrogen and oxygen atoms in total. The predicted molar refractivity (Wildman–Crippen MR) is 83.7 cm³/mol. The van der Waals surface area contributed by atoms with Gasteiger partial charge in [0.25, 0.3) is 0 Å². The van der Waals surface area contributed by atoms with Crippen LogP contribution in [0.15, 0.2) is 46.9 Å². The van der Waals surface area contributed by atoms with Gasteiger partial charge in [0.2, 0.25) is 0 Å². The number of hydrogen-bond acceptors (Lipinski definition) is 1. The van der Waals surface area contributed by atoms with E-state index in [0.29, 0.717) is 5.92 Å². The number of benzene rings is 2. The molecule has 0 saturated carbocycles. The summed E-state index contributed by atoms with van der Waals surface area (Å²) in [4.78, 5) is 0. The molecule has 1 aliphatic carbocycles. The van der Waals surface area contributed by atoms with Crippen molar-refractivity contribution in [1.82, 2.24) is 0 Å². The molecule has 1 aliphatic rings. The van der Waals surface area contributed by atoms with Crippen LogP contribution < -0.4 is 5.73 Å². The third-order valence-corrected chi connectivity index (χ3v) is 4.73. The minimum absolute atomic E-state index is 0.133. The third kappa shape index (κ3) is 2.58. The summed E-state index contributed by atoms with van der Waals surface area (Å²) in [6.07, 6.45) is 1.91. The molecule has 2 unspecified atom stereocenters. The van der Waals surface area contributed by atoms with E-state index in [-0.39, 0.29) is 6.04 Å². The summed E-state index contributed by atoms with van der Waals surface area (Å²) in [6.45, 7) is 0. The van der Waals surface area contributed by atoms with Crippen molar-refractivity contribution in [2.75, 3.05) is 0 Å². The van der Waals surface area contributed by atoms with E-state index < -0.39 is 0 Å². The van der Waals surface area contributed by atoms with Gasteiger partial charge in [0.1, 0.15) is 0 Å². The van der Waals surface area contributed by atoms with E-state index in [2.05, 4.69) is 46.3 Å². The van der Waals surface area contributed by atoms with Gasteiger partial charge in [-0.1, -0.05) is 57.9 Å². The van der Waals surface area contributed by atoms with Gasteiger partial charge in [-0.2, -0.15) is 0 Å². The van der Waals surface area contributed by atoms with E-state index in [9.17, 15) is 0 Å². The van der Waals surface area contributed by atoms with Crippen molar-refractivity contribution in [3.63, 3.8) is 0 Å². The summed E-state index contributed by atoms with van der Waals surface area (Å²) in [5.74, 6) is 0.468. The first kappa shape index (κ1) is 13.2. The first-order chi connectivity index (χ1) is 9.15. The summed E-state index contributed by atoms with van der Waals surface area (Å²) in [7, 11) is 0. The zero-order valence-electron chi connectivity index (χ0n) is 10.4. The van der Waals surface area contributed by atoms with Crippen LogP contribution in [0.1, 0.15) is 22.6 Å². The van der Waals surface area contributed by atoms with Crippen LogP contribution in [-0.4, -0.2) is 6.04 Å². The average Bonchev–Trinajstić information content (AvgIpc) is 2.34. The Morgan fingerprint density at radius 3 is 2.79 bits per heavy atom. The van der Waals surface area contributed by atoms with Crippen LogP contribution in [0.25, 0.3) is 0 Å². The second-order valence-corrected chi connectivity index (χ2v) is 6.44. The van der Waals surface area contributed by atoms with Crippen molar-refractivity contribution in [3.05, 3.63) is 68.7 Å². The van der Waals surface area contributed by atoms with E-state index in [1.807, 2.05) is 12.1 Å². The van der Waals surface area contributed by atoms with Crippen LogP contribution >= 0.6 is 27.5 Å². The molecular formula is C16H15BrClN. The fourth-order valence-electron chi connectivity index (χ4n) is 2.76. The maximum atomic E-state index is 6.36. The van der Waals surface area contributed by atoms with Crippen molar-refractivity contribution in [2.24, 2.45) is 5.73 Å². The maximum Gasteiger partial charge on any atom is 0.0449 e. The summed E-state index contributed by atoms with van der Waals surface area (Å²) in [5, 5.41) is 0.789. The van der Waals surface area contributed by atoms with Gasteiger partial charge in [0.05, 0.1) is 0 Å². The van der Waals surface area contributed by atoms with Crippen molar-refractivity contribution in [1.29, 1.82) is 0 Å². The lowest BCUT2D eigenvalue weighted by Gasteiger charge is -2.34. The highest BCUT2D eigenvalue weighted by Crippen LogP contribution is 2.38. The standard InChI is InChI=1S/C16H15BrClN/c17-12-6-5-11(15(18)9-12)8-16(19)14-7-10-3-1-2-4-13(10)14/h1-6,9,14,16H,7-8,19H2. The van der Waals surface area contributed by atoms with Crippen LogP contribution in [0.5, 0.6) is 0 Å². The second-order valence-electron chi connectivity index (χ2n) is 5.11. The smallest absolute Gasteiger partial charge is 0.0449 e. The minimum atomic E-state index is 0.133. The fourth-order valence-corrected chi connectivity index (χ4v) is 3.51. The molecule has 19 heavy (non-hydrogen) atoms. The molecule has 0 bridgehead atoms. The summed E-state index contributed by atoms with van der Waals surface area (Å²) in [5.41, 5.74) is 10.3. The minimum Gasteiger partial charge on any atom is -0.327 e. The van der Waals surface area contributed by atoms with Gasteiger partial charge in [-0.05, 0) is 41.7 Å². The lowest BCUT2D eigenvalue weighted by atomic mass is 9.72. The molecule has 0 aromatic heterocycles. The lowest BCUT2D eigenvalue weighted by Crippen LogP contribution is -2.37. The molecule has 0 aliphatic heterocycles. The molecule has 2 aromatic carbocycles. The molecule has 98 valence electrons. The zero-order chi connectivity index (χ0) is 13.4. The summed E-state index contributed by atoms with van der Waals surface area (Å²) in [6, 6.07) is 14.7. The number of halogens is 2. The van der Waals surface area contributed by atoms with Gasteiger partial charge in [-0.3, -0.25) is 0 Å². The van der Waals surface area contributed by atoms with Crippen LogP contribution in [0.2, 0.25) is 5.02 Å². The van der Waals surface area contributed by atoms with E-state index >= 15 is 0 Å². The molecule has 2 atom stereocenters. The van der Waals surface area contributed by atoms with Gasteiger partial charge in [-0.25, -0.2) is 0 Å². The topological polar surface area (TPSA) is 26.0 Å². The van der Waals surface area contributed by atoms with Crippen LogP contribution in [0, 0.1) is 0 Å². The van der Waals surface area contributed by atoms with Crippen LogP contribution in [-0.2, 0) is 12.8 Å². The largest absolute Gasteiger partial charge is 0.327 e. The first-order valence-electron chi connectivity index (χ1n) is 6.42. The molecule has 0 amide bonds. The van der Waals surface area contributed by atoms with Gasteiger partial charge < -0.3 is 5.73 Å². The molecule has 3 heteroatoms. The Morgan fingerprint density at radius 2 is 2.05 bits per heavy atom. The maximum absolute atomic E-state index is 6.36. The van der Waals surface area contributed by atoms with Gasteiger partial charge in [-0.15, -0.1) is 0 Å². The molecule has 3 rings (SSSR count). The van der Waals surface area contributed by atoms with E-state index in [0.717, 1.165) is 27.9 Å². The van der Waals surface area contributed by atoms with Crippen molar-refractivity contribution >= 4 is 27.5 Å². The fraction of sp³-hybridized carbons (Fsp3) is 0.250. The Bertz CT molecular complexity index is 611. The number of rotatable bonds is 3. The van der Waals surface area contributed by atoms with Crippen molar-refractivity contribution < 1.29 is 0 Å². The highest BCUT2D eigenvalue weighted by Gasteiger charge is 2.30. The molecule has 2 aromatic rings. The van der Waals surface area contributed by atoms with Gasteiger partial charge in [0, 0.05) is 21.5 Å². The zero-order valence-corrected chi connectivity index (χ0v) is 12.8. The van der Waals surface area contributed by atoms with Gasteiger partial charge >= 0.3 is 0 Å². The molecule has 2 N–H and O–H groups in total. The van der Waals surface area contributed by atoms with Crippen molar-refractivity contribution in [3.8, 4) is 0 Å². The molecule has 0 spiro atoms. The number of fused-ring (bicyclic) bond motifs is 1. The monoisotopic (exact) mass is 335 g/mol. The molecule has 0 saturated heterocycles. The normalized spacial score (nSPS) is 18.6. The Labute approximate surface area is 126 Å². The van der Waals surface area contributed by atoms with E-state index in [1.165, 1.54) is 11.1 Å². The molecule has 0 heterocycles. The van der Waals surface area contributed by atoms with E-state index in [1.54, 1.807) is 0 Å². The number of nitrogens with two attached hydrogens (primary N) is 1. The van der Waals surface area contributed by atoms with Crippen LogP contribution in [0.3, 0.4) is 0 Å². The third-order valence-electron chi connectivity index (χ3n) is 3.88. The highest BCUT2D eigenvalue weighted by molar-refractivity contribution is 9.10. The highest BCUT2D eigenvalue weighted by atomic mass is 79.9. The molecular weight excluding hydrogens is 322 g/mol. The predicted octanol–water partition coefficient (Wildman–Crippen LogP) is 4.31. The first-order valence-corrected chi connectivity index (χ1v) is 7.59. The SMILES string of the molecule is NC(Cc1ccc(Br)cc1Cl)C1Cc2ccccc21. The Kier molecular flexibility index (Phi) is 3.66. The quantitative estimate of drug-likeness (QED) is 0.888. The Morgan fingerprint density at radius 1 is 1.26 bits per heavy atom. The summed E-state index contributed by atoms with van der Waals surface area (Å²) >= 11 is 9.68. The summed E-state index contributed by atoms with van der Waals surface area (Å²) < 4.78 is 1.00. The Hall–Kier alpha value is -0.830. The average molecular weight is 337 g/mol. The molecule has 0 radical (unpaired) electrons.